The molecule has 0 bridgehead atoms. The van der Waals surface area contributed by atoms with E-state index in [1.807, 2.05) is 24.3 Å². The highest BCUT2D eigenvalue weighted by molar-refractivity contribution is 8.13. The summed E-state index contributed by atoms with van der Waals surface area (Å²) in [6.45, 7) is 0. The fraction of sp³-hybridized carbons (Fsp3) is 0.214. The molecule has 116 valence electrons. The minimum absolute atomic E-state index is 0.291. The van der Waals surface area contributed by atoms with Gasteiger partial charge in [-0.3, -0.25) is 5.10 Å². The molecule has 3 N–H and O–H groups in total. The lowest BCUT2D eigenvalue weighted by atomic mass is 9.96. The van der Waals surface area contributed by atoms with E-state index in [9.17, 15) is 4.79 Å². The molecule has 1 aliphatic carbocycles. The SMILES string of the molecule is O=C(O)Sc1cccc(C2Cc3[nH]nc(-c4nn[nH]n4)c3C2)c1. The van der Waals surface area contributed by atoms with E-state index in [-0.39, 0.29) is 0 Å². The summed E-state index contributed by atoms with van der Waals surface area (Å²) >= 11 is 0.823. The van der Waals surface area contributed by atoms with Crippen molar-refractivity contribution < 1.29 is 9.90 Å². The summed E-state index contributed by atoms with van der Waals surface area (Å²) in [6.07, 6.45) is 1.65. The number of aromatic amines is 2. The first-order valence-electron chi connectivity index (χ1n) is 7.01. The third-order valence-electron chi connectivity index (χ3n) is 3.95. The lowest BCUT2D eigenvalue weighted by molar-refractivity contribution is 0.222. The number of nitrogens with one attached hydrogen (secondary N) is 2. The van der Waals surface area contributed by atoms with Gasteiger partial charge >= 0.3 is 5.30 Å². The molecule has 0 aliphatic heterocycles. The van der Waals surface area contributed by atoms with Gasteiger partial charge in [-0.2, -0.15) is 10.3 Å². The fourth-order valence-electron chi connectivity index (χ4n) is 2.97. The predicted octanol–water partition coefficient (Wildman–Crippen LogP) is 2.24. The van der Waals surface area contributed by atoms with Gasteiger partial charge in [-0.05, 0) is 53.4 Å². The van der Waals surface area contributed by atoms with Crippen LogP contribution in [0.3, 0.4) is 0 Å². The first kappa shape index (κ1) is 13.9. The van der Waals surface area contributed by atoms with E-state index >= 15 is 0 Å². The molecule has 1 aromatic carbocycles. The Labute approximate surface area is 134 Å². The molecule has 0 radical (unpaired) electrons. The molecule has 3 aromatic rings. The highest BCUT2D eigenvalue weighted by atomic mass is 32.2. The topological polar surface area (TPSA) is 120 Å². The summed E-state index contributed by atoms with van der Waals surface area (Å²) in [6, 6.07) is 7.68. The van der Waals surface area contributed by atoms with Crippen molar-refractivity contribution in [3.8, 4) is 11.5 Å². The average molecular weight is 328 g/mol. The Hall–Kier alpha value is -2.68. The number of nitrogens with zero attached hydrogens (tertiary/aromatic N) is 4. The highest BCUT2D eigenvalue weighted by Gasteiger charge is 2.29. The molecule has 0 amide bonds. The summed E-state index contributed by atoms with van der Waals surface area (Å²) in [5.41, 5.74) is 4.03. The fourth-order valence-corrected chi connectivity index (χ4v) is 3.51. The van der Waals surface area contributed by atoms with Crippen molar-refractivity contribution in [1.82, 2.24) is 30.8 Å². The summed E-state index contributed by atoms with van der Waals surface area (Å²) in [4.78, 5) is 11.6. The minimum atomic E-state index is -0.901. The van der Waals surface area contributed by atoms with E-state index in [0.717, 1.165) is 52.0 Å². The molecule has 8 nitrogen and oxygen atoms in total. The predicted molar refractivity (Wildman–Crippen MR) is 82.2 cm³/mol. The molecule has 0 saturated heterocycles. The van der Waals surface area contributed by atoms with E-state index in [4.69, 9.17) is 5.11 Å². The van der Waals surface area contributed by atoms with Crippen LogP contribution >= 0.6 is 11.8 Å². The number of hydrogen-bond donors (Lipinski definition) is 3. The second kappa shape index (κ2) is 5.51. The molecular formula is C14H12N6O2S. The van der Waals surface area contributed by atoms with E-state index in [1.54, 1.807) is 0 Å². The number of benzene rings is 1. The van der Waals surface area contributed by atoms with Crippen molar-refractivity contribution in [1.29, 1.82) is 0 Å². The Bertz CT molecular complexity index is 860. The van der Waals surface area contributed by atoms with Crippen LogP contribution in [0.1, 0.15) is 22.7 Å². The molecule has 1 unspecified atom stereocenters. The second-order valence-corrected chi connectivity index (χ2v) is 6.34. The van der Waals surface area contributed by atoms with Gasteiger partial charge in [0.15, 0.2) is 0 Å². The molecule has 9 heteroatoms. The third kappa shape index (κ3) is 2.59. The molecule has 4 rings (SSSR count). The second-order valence-electron chi connectivity index (χ2n) is 5.31. The number of carbonyl (C=O) groups is 1. The van der Waals surface area contributed by atoms with Crippen LogP contribution in [-0.2, 0) is 12.8 Å². The zero-order valence-corrected chi connectivity index (χ0v) is 12.7. The maximum atomic E-state index is 10.8. The Morgan fingerprint density at radius 2 is 2.22 bits per heavy atom. The zero-order chi connectivity index (χ0) is 15.8. The van der Waals surface area contributed by atoms with Crippen LogP contribution < -0.4 is 0 Å². The van der Waals surface area contributed by atoms with Gasteiger partial charge < -0.3 is 5.11 Å². The van der Waals surface area contributed by atoms with Gasteiger partial charge in [0.25, 0.3) is 0 Å². The summed E-state index contributed by atoms with van der Waals surface area (Å²) < 4.78 is 0. The maximum Gasteiger partial charge on any atom is 0.369 e. The zero-order valence-electron chi connectivity index (χ0n) is 11.9. The van der Waals surface area contributed by atoms with Crippen LogP contribution in [0.5, 0.6) is 0 Å². The Morgan fingerprint density at radius 1 is 1.30 bits per heavy atom. The van der Waals surface area contributed by atoms with Crippen molar-refractivity contribution in [2.75, 3.05) is 0 Å². The number of tetrazole rings is 1. The first-order valence-corrected chi connectivity index (χ1v) is 7.83. The summed E-state index contributed by atoms with van der Waals surface area (Å²) in [5, 5.41) is 29.3. The summed E-state index contributed by atoms with van der Waals surface area (Å²) in [7, 11) is 0. The van der Waals surface area contributed by atoms with Gasteiger partial charge in [0.2, 0.25) is 5.82 Å². The van der Waals surface area contributed by atoms with E-state index in [1.165, 1.54) is 0 Å². The van der Waals surface area contributed by atoms with Crippen molar-refractivity contribution in [2.24, 2.45) is 0 Å². The van der Waals surface area contributed by atoms with Crippen LogP contribution in [0.4, 0.5) is 4.79 Å². The number of H-pyrrole nitrogens is 2. The third-order valence-corrected chi connectivity index (χ3v) is 4.61. The van der Waals surface area contributed by atoms with Gasteiger partial charge in [-0.1, -0.05) is 12.1 Å². The van der Waals surface area contributed by atoms with Gasteiger partial charge in [0.05, 0.1) is 0 Å². The van der Waals surface area contributed by atoms with Crippen LogP contribution in [-0.4, -0.2) is 41.2 Å². The van der Waals surface area contributed by atoms with Gasteiger partial charge in [-0.25, -0.2) is 4.79 Å². The lowest BCUT2D eigenvalue weighted by Gasteiger charge is -2.11. The summed E-state index contributed by atoms with van der Waals surface area (Å²) in [5.74, 6) is 0.776. The Morgan fingerprint density at radius 3 is 3.00 bits per heavy atom. The molecule has 0 fully saturated rings. The van der Waals surface area contributed by atoms with Crippen molar-refractivity contribution >= 4 is 17.1 Å². The molecule has 1 atom stereocenters. The largest absolute Gasteiger partial charge is 0.473 e. The monoisotopic (exact) mass is 328 g/mol. The van der Waals surface area contributed by atoms with Gasteiger partial charge in [0, 0.05) is 16.2 Å². The number of thioether (sulfide) groups is 1. The Kier molecular flexibility index (Phi) is 3.34. The molecular weight excluding hydrogens is 316 g/mol. The molecule has 0 saturated carbocycles. The van der Waals surface area contributed by atoms with Crippen LogP contribution in [0.2, 0.25) is 0 Å². The standard InChI is InChI=1S/C14H12N6O2S/c21-14(22)23-9-3-1-2-7(4-9)8-5-10-11(6-8)15-16-12(10)13-17-19-20-18-13/h1-4,8H,5-6H2,(H,15,16)(H,21,22)(H,17,18,19,20). The number of rotatable bonds is 3. The number of hydrogen-bond acceptors (Lipinski definition) is 6. The minimum Gasteiger partial charge on any atom is -0.473 e. The molecule has 0 spiro atoms. The Balaban J connectivity index is 1.60. The average Bonchev–Trinajstić information content (AvgIpc) is 3.23. The highest BCUT2D eigenvalue weighted by Crippen LogP contribution is 2.37. The van der Waals surface area contributed by atoms with Crippen LogP contribution in [0.15, 0.2) is 29.2 Å². The molecule has 2 heterocycles. The van der Waals surface area contributed by atoms with E-state index < -0.39 is 5.30 Å². The lowest BCUT2D eigenvalue weighted by Crippen LogP contribution is -2.00. The van der Waals surface area contributed by atoms with Crippen LogP contribution in [0, 0.1) is 0 Å². The number of carboxylic acid groups (broad SMARTS) is 1. The van der Waals surface area contributed by atoms with Gasteiger partial charge in [0.1, 0.15) is 5.69 Å². The normalized spacial score (nSPS) is 16.4. The van der Waals surface area contributed by atoms with Crippen LogP contribution in [0.25, 0.3) is 11.5 Å². The van der Waals surface area contributed by atoms with E-state index in [0.29, 0.717) is 11.7 Å². The maximum absolute atomic E-state index is 10.8. The molecule has 2 aromatic heterocycles. The first-order chi connectivity index (χ1) is 11.2. The van der Waals surface area contributed by atoms with Crippen molar-refractivity contribution in [3.63, 3.8) is 0 Å². The van der Waals surface area contributed by atoms with E-state index in [2.05, 4.69) is 30.8 Å². The van der Waals surface area contributed by atoms with Gasteiger partial charge in [-0.15, -0.1) is 10.2 Å². The number of aromatic nitrogens is 6. The molecule has 1 aliphatic rings. The van der Waals surface area contributed by atoms with Crippen molar-refractivity contribution in [2.45, 2.75) is 23.7 Å². The smallest absolute Gasteiger partial charge is 0.369 e. The van der Waals surface area contributed by atoms with Crippen molar-refractivity contribution in [3.05, 3.63) is 41.1 Å². The molecule has 23 heavy (non-hydrogen) atoms. The number of fused-ring (bicyclic) bond motifs is 1. The quantitative estimate of drug-likeness (QED) is 0.630.